The fraction of sp³-hybridized carbons (Fsp3) is 0.308. The molecule has 3 atom stereocenters. The molecule has 3 aromatic rings. The van der Waals surface area contributed by atoms with Gasteiger partial charge in [0.05, 0.1) is 12.0 Å². The van der Waals surface area contributed by atoms with Crippen molar-refractivity contribution in [3.63, 3.8) is 0 Å². The molecule has 152 valence electrons. The van der Waals surface area contributed by atoms with Gasteiger partial charge in [0.2, 0.25) is 0 Å². The smallest absolute Gasteiger partial charge is 0.165 e. The number of aromatic nitrogens is 2. The minimum atomic E-state index is -0.279. The van der Waals surface area contributed by atoms with Gasteiger partial charge in [-0.15, -0.1) is 0 Å². The van der Waals surface area contributed by atoms with Gasteiger partial charge in [-0.3, -0.25) is 9.36 Å². The molecule has 0 unspecified atom stereocenters. The minimum Gasteiger partial charge on any atom is -0.515 e. The topological polar surface area (TPSA) is 55.1 Å². The van der Waals surface area contributed by atoms with Crippen molar-refractivity contribution in [1.29, 1.82) is 0 Å². The van der Waals surface area contributed by atoms with E-state index < -0.39 is 0 Å². The number of rotatable bonds is 2. The zero-order valence-corrected chi connectivity index (χ0v) is 17.4. The van der Waals surface area contributed by atoms with Crippen LogP contribution in [0.15, 0.2) is 72.5 Å². The number of imidazole rings is 1. The van der Waals surface area contributed by atoms with E-state index in [9.17, 15) is 9.90 Å². The van der Waals surface area contributed by atoms with Crippen LogP contribution in [0.2, 0.25) is 0 Å². The second-order valence-corrected chi connectivity index (χ2v) is 8.81. The fourth-order valence-electron chi connectivity index (χ4n) is 5.65. The van der Waals surface area contributed by atoms with Gasteiger partial charge in [-0.1, -0.05) is 62.4 Å². The molecule has 2 aromatic carbocycles. The molecule has 0 aliphatic heterocycles. The maximum absolute atomic E-state index is 12.7. The van der Waals surface area contributed by atoms with Crippen molar-refractivity contribution in [2.75, 3.05) is 0 Å². The number of para-hydroxylation sites is 1. The van der Waals surface area contributed by atoms with Crippen molar-refractivity contribution in [2.45, 2.75) is 38.5 Å². The summed E-state index contributed by atoms with van der Waals surface area (Å²) < 4.78 is 2.29. The number of aliphatic hydroxyl groups excluding tert-OH is 1. The van der Waals surface area contributed by atoms with Crippen molar-refractivity contribution < 1.29 is 9.90 Å². The van der Waals surface area contributed by atoms with E-state index in [0.29, 0.717) is 12.0 Å². The van der Waals surface area contributed by atoms with E-state index in [-0.39, 0.29) is 23.0 Å². The van der Waals surface area contributed by atoms with Gasteiger partial charge in [0, 0.05) is 33.9 Å². The van der Waals surface area contributed by atoms with E-state index in [4.69, 9.17) is 4.98 Å². The maximum Gasteiger partial charge on any atom is 0.165 e. The summed E-state index contributed by atoms with van der Waals surface area (Å²) in [5.74, 6) is 1.13. The van der Waals surface area contributed by atoms with Crippen LogP contribution >= 0.6 is 0 Å². The van der Waals surface area contributed by atoms with Crippen LogP contribution in [0.1, 0.15) is 38.1 Å². The molecule has 1 aromatic heterocycles. The molecular formula is C26H26N2O2. The molecule has 0 radical (unpaired) electrons. The molecule has 1 fully saturated rings. The zero-order chi connectivity index (χ0) is 20.9. The van der Waals surface area contributed by atoms with Crippen molar-refractivity contribution in [3.05, 3.63) is 83.9 Å². The number of carbonyl (C=O) groups is 1. The summed E-state index contributed by atoms with van der Waals surface area (Å²) in [7, 11) is 0. The molecule has 4 heteroatoms. The van der Waals surface area contributed by atoms with Crippen molar-refractivity contribution >= 4 is 5.78 Å². The number of fused-ring (bicyclic) bond motifs is 3. The molecular weight excluding hydrogens is 372 g/mol. The van der Waals surface area contributed by atoms with Gasteiger partial charge in [0.15, 0.2) is 5.78 Å². The third-order valence-electron chi connectivity index (χ3n) is 7.12. The normalized spacial score (nSPS) is 27.0. The van der Waals surface area contributed by atoms with Gasteiger partial charge >= 0.3 is 0 Å². The van der Waals surface area contributed by atoms with Crippen LogP contribution in [-0.4, -0.2) is 20.4 Å². The lowest BCUT2D eigenvalue weighted by atomic mass is 9.56. The minimum absolute atomic E-state index is 0.0780. The lowest BCUT2D eigenvalue weighted by molar-refractivity contribution is -0.124. The van der Waals surface area contributed by atoms with Crippen LogP contribution in [0.25, 0.3) is 17.1 Å². The number of aliphatic hydroxyl groups is 1. The first kappa shape index (κ1) is 18.9. The summed E-state index contributed by atoms with van der Waals surface area (Å²) in [6, 6.07) is 20.7. The van der Waals surface area contributed by atoms with Crippen LogP contribution < -0.4 is 0 Å². The average Bonchev–Trinajstić information content (AvgIpc) is 3.18. The van der Waals surface area contributed by atoms with Crippen molar-refractivity contribution in [1.82, 2.24) is 9.55 Å². The van der Waals surface area contributed by atoms with E-state index in [2.05, 4.69) is 47.9 Å². The third-order valence-corrected chi connectivity index (χ3v) is 7.12. The number of ketones is 1. The summed E-state index contributed by atoms with van der Waals surface area (Å²) in [6.45, 7) is 4.23. The Kier molecular flexibility index (Phi) is 4.39. The number of allylic oxidation sites excluding steroid dienone is 1. The number of hydrogen-bond donors (Lipinski definition) is 1. The Labute approximate surface area is 176 Å². The van der Waals surface area contributed by atoms with E-state index >= 15 is 0 Å². The molecule has 0 saturated heterocycles. The third kappa shape index (κ3) is 2.67. The summed E-state index contributed by atoms with van der Waals surface area (Å²) in [5, 5.41) is 9.74. The van der Waals surface area contributed by atoms with Crippen LogP contribution in [0.4, 0.5) is 0 Å². The van der Waals surface area contributed by atoms with Gasteiger partial charge in [-0.2, -0.15) is 0 Å². The lowest BCUT2D eigenvalue weighted by Gasteiger charge is -2.47. The molecule has 1 heterocycles. The van der Waals surface area contributed by atoms with E-state index in [1.807, 2.05) is 31.2 Å². The predicted octanol–water partition coefficient (Wildman–Crippen LogP) is 5.41. The monoisotopic (exact) mass is 398 g/mol. The van der Waals surface area contributed by atoms with Gasteiger partial charge < -0.3 is 5.11 Å². The average molecular weight is 399 g/mol. The van der Waals surface area contributed by atoms with E-state index in [1.54, 1.807) is 0 Å². The van der Waals surface area contributed by atoms with Gasteiger partial charge in [-0.25, -0.2) is 4.98 Å². The van der Waals surface area contributed by atoms with E-state index in [1.165, 1.54) is 5.69 Å². The molecule has 5 rings (SSSR count). The molecule has 0 amide bonds. The number of benzene rings is 2. The second-order valence-electron chi connectivity index (χ2n) is 8.81. The van der Waals surface area contributed by atoms with Crippen molar-refractivity contribution in [3.8, 4) is 17.1 Å². The van der Waals surface area contributed by atoms with Gasteiger partial charge in [0.1, 0.15) is 5.82 Å². The van der Waals surface area contributed by atoms with Gasteiger partial charge in [0.25, 0.3) is 0 Å². The standard InChI is InChI=1S/C26H26N2O2/c1-17-21-13-14-22-24(26(21,2)15-19(16-29)23(17)30)27-25(18-9-5-3-6-10-18)28(22)20-11-7-4-8-12-20/h3-12,16-17,21,29H,13-15H2,1-2H3/b19-16-/t17-,21-,26-/m0/s1. The number of hydrogen-bond acceptors (Lipinski definition) is 3. The summed E-state index contributed by atoms with van der Waals surface area (Å²) >= 11 is 0. The Morgan fingerprint density at radius 3 is 2.43 bits per heavy atom. The highest BCUT2D eigenvalue weighted by atomic mass is 16.2. The molecule has 30 heavy (non-hydrogen) atoms. The van der Waals surface area contributed by atoms with Crippen LogP contribution in [0.5, 0.6) is 0 Å². The highest BCUT2D eigenvalue weighted by Gasteiger charge is 2.52. The first-order valence-corrected chi connectivity index (χ1v) is 10.6. The zero-order valence-electron chi connectivity index (χ0n) is 17.4. The molecule has 1 saturated carbocycles. The highest BCUT2D eigenvalue weighted by Crippen LogP contribution is 2.53. The Bertz CT molecular complexity index is 1130. The molecule has 0 bridgehead atoms. The number of Topliss-reactive ketones (excluding diaryl/α,β-unsaturated/α-hetero) is 1. The van der Waals surface area contributed by atoms with Crippen LogP contribution in [0.3, 0.4) is 0 Å². The molecule has 2 aliphatic rings. The van der Waals surface area contributed by atoms with Crippen LogP contribution in [0, 0.1) is 11.8 Å². The Balaban J connectivity index is 1.76. The van der Waals surface area contributed by atoms with Gasteiger partial charge in [-0.05, 0) is 37.3 Å². The molecule has 0 spiro atoms. The summed E-state index contributed by atoms with van der Waals surface area (Å²) in [5.41, 5.74) is 4.71. The number of nitrogens with zero attached hydrogens (tertiary/aromatic N) is 2. The van der Waals surface area contributed by atoms with E-state index in [0.717, 1.165) is 41.9 Å². The van der Waals surface area contributed by atoms with Crippen molar-refractivity contribution in [2.24, 2.45) is 11.8 Å². The quantitative estimate of drug-likeness (QED) is 0.464. The molecule has 2 aliphatic carbocycles. The Morgan fingerprint density at radius 2 is 1.77 bits per heavy atom. The maximum atomic E-state index is 12.7. The Morgan fingerprint density at radius 1 is 1.10 bits per heavy atom. The predicted molar refractivity (Wildman–Crippen MR) is 118 cm³/mol. The fourth-order valence-corrected chi connectivity index (χ4v) is 5.65. The summed E-state index contributed by atoms with van der Waals surface area (Å²) in [4.78, 5) is 18.0. The first-order valence-electron chi connectivity index (χ1n) is 10.6. The number of carbonyl (C=O) groups excluding carboxylic acids is 1. The Hall–Kier alpha value is -3.14. The largest absolute Gasteiger partial charge is 0.515 e. The SMILES string of the molecule is C[C@@H]1C(=O)/C(=C\O)C[C@]2(C)c3nc(-c4ccccc4)n(-c4ccccc4)c3CC[C@@H]12. The molecule has 4 nitrogen and oxygen atoms in total. The molecule has 1 N–H and O–H groups in total. The second kappa shape index (κ2) is 6.98. The first-order chi connectivity index (χ1) is 14.5. The highest BCUT2D eigenvalue weighted by molar-refractivity contribution is 5.98. The lowest BCUT2D eigenvalue weighted by Crippen LogP contribution is -2.48. The van der Waals surface area contributed by atoms with Crippen LogP contribution in [-0.2, 0) is 16.6 Å². The summed E-state index contributed by atoms with van der Waals surface area (Å²) in [6.07, 6.45) is 3.38.